The Kier molecular flexibility index (Phi) is 3.98. The average molecular weight is 303 g/mol. The quantitative estimate of drug-likeness (QED) is 0.522. The van der Waals surface area contributed by atoms with Gasteiger partial charge in [0.2, 0.25) is 0 Å². The van der Waals surface area contributed by atoms with E-state index in [1.165, 1.54) is 11.3 Å². The van der Waals surface area contributed by atoms with E-state index < -0.39 is 5.54 Å². The molecule has 1 fully saturated rings. The van der Waals surface area contributed by atoms with Crippen molar-refractivity contribution in [1.29, 1.82) is 0 Å². The summed E-state index contributed by atoms with van der Waals surface area (Å²) in [4.78, 5) is 27.1. The maximum Gasteiger partial charge on any atom is 0.197 e. The van der Waals surface area contributed by atoms with Gasteiger partial charge in [-0.1, -0.05) is 6.42 Å². The maximum absolute atomic E-state index is 13.0. The van der Waals surface area contributed by atoms with Crippen LogP contribution in [0.3, 0.4) is 0 Å². The number of rotatable bonds is 5. The SMILES string of the molecule is O=CC(C(=O)c1ccsc1)(c1ccn[nH]1)N1CCCCC1. The molecule has 1 aliphatic heterocycles. The highest BCUT2D eigenvalue weighted by Gasteiger charge is 2.47. The lowest BCUT2D eigenvalue weighted by atomic mass is 9.85. The number of aromatic nitrogens is 2. The van der Waals surface area contributed by atoms with Gasteiger partial charge in [-0.3, -0.25) is 14.8 Å². The van der Waals surface area contributed by atoms with Crippen LogP contribution in [0.5, 0.6) is 0 Å². The van der Waals surface area contributed by atoms with E-state index in [4.69, 9.17) is 0 Å². The van der Waals surface area contributed by atoms with Gasteiger partial charge in [-0.05, 0) is 43.4 Å². The summed E-state index contributed by atoms with van der Waals surface area (Å²) in [6.45, 7) is 1.49. The fourth-order valence-corrected chi connectivity index (χ4v) is 3.59. The number of H-pyrrole nitrogens is 1. The summed E-state index contributed by atoms with van der Waals surface area (Å²) in [6.07, 6.45) is 5.49. The van der Waals surface area contributed by atoms with Crippen LogP contribution < -0.4 is 0 Å². The van der Waals surface area contributed by atoms with Crippen LogP contribution in [0.1, 0.15) is 35.3 Å². The first kappa shape index (κ1) is 14.2. The molecular weight excluding hydrogens is 286 g/mol. The van der Waals surface area contributed by atoms with E-state index in [0.717, 1.165) is 38.6 Å². The average Bonchev–Trinajstić information content (AvgIpc) is 3.23. The van der Waals surface area contributed by atoms with Gasteiger partial charge in [-0.25, -0.2) is 0 Å². The van der Waals surface area contributed by atoms with Crippen LogP contribution in [0.15, 0.2) is 29.1 Å². The van der Waals surface area contributed by atoms with Crippen LogP contribution in [-0.4, -0.2) is 40.3 Å². The number of nitrogens with zero attached hydrogens (tertiary/aromatic N) is 2. The van der Waals surface area contributed by atoms with Crippen LogP contribution in [0, 0.1) is 0 Å². The molecule has 0 bridgehead atoms. The summed E-state index contributed by atoms with van der Waals surface area (Å²) in [5, 5.41) is 10.4. The zero-order chi connectivity index (χ0) is 14.7. The lowest BCUT2D eigenvalue weighted by molar-refractivity contribution is -0.117. The highest BCUT2D eigenvalue weighted by molar-refractivity contribution is 7.08. The fraction of sp³-hybridized carbons (Fsp3) is 0.400. The Hall–Kier alpha value is -1.79. The number of Topliss-reactive ketones (excluding diaryl/α,β-unsaturated/α-hetero) is 1. The minimum Gasteiger partial charge on any atom is -0.300 e. The summed E-state index contributed by atoms with van der Waals surface area (Å²) in [6, 6.07) is 3.48. The number of carbonyl (C=O) groups excluding carboxylic acids is 2. The first-order valence-electron chi connectivity index (χ1n) is 7.07. The summed E-state index contributed by atoms with van der Waals surface area (Å²) in [5.41, 5.74) is -0.152. The highest BCUT2D eigenvalue weighted by atomic mass is 32.1. The van der Waals surface area contributed by atoms with Crippen molar-refractivity contribution in [1.82, 2.24) is 15.1 Å². The summed E-state index contributed by atoms with van der Waals surface area (Å²) in [7, 11) is 0. The Labute approximate surface area is 127 Å². The molecule has 6 heteroatoms. The van der Waals surface area contributed by atoms with E-state index in [-0.39, 0.29) is 5.78 Å². The molecule has 1 saturated heterocycles. The molecule has 2 aromatic heterocycles. The maximum atomic E-state index is 13.0. The van der Waals surface area contributed by atoms with E-state index >= 15 is 0 Å². The monoisotopic (exact) mass is 303 g/mol. The predicted octanol–water partition coefficient (Wildman–Crippen LogP) is 2.23. The van der Waals surface area contributed by atoms with E-state index in [9.17, 15) is 9.59 Å². The standard InChI is InChI=1S/C15H17N3O2S/c19-11-15(13-4-6-16-17-13,18-7-2-1-3-8-18)14(20)12-5-9-21-10-12/h4-6,9-11H,1-3,7-8H2,(H,16,17). The van der Waals surface area contributed by atoms with Gasteiger partial charge in [0.15, 0.2) is 17.6 Å². The van der Waals surface area contributed by atoms with E-state index in [1.54, 1.807) is 23.7 Å². The second-order valence-electron chi connectivity index (χ2n) is 5.24. The van der Waals surface area contributed by atoms with Crippen LogP contribution >= 0.6 is 11.3 Å². The molecule has 0 radical (unpaired) electrons. The van der Waals surface area contributed by atoms with E-state index in [1.807, 2.05) is 10.3 Å². The number of aldehydes is 1. The molecule has 21 heavy (non-hydrogen) atoms. The topological polar surface area (TPSA) is 66.1 Å². The van der Waals surface area contributed by atoms with Gasteiger partial charge >= 0.3 is 0 Å². The first-order valence-corrected chi connectivity index (χ1v) is 8.01. The van der Waals surface area contributed by atoms with Crippen LogP contribution in [-0.2, 0) is 10.3 Å². The predicted molar refractivity (Wildman–Crippen MR) is 80.4 cm³/mol. The van der Waals surface area contributed by atoms with E-state index in [0.29, 0.717) is 11.3 Å². The number of piperidine rings is 1. The highest BCUT2D eigenvalue weighted by Crippen LogP contribution is 2.32. The largest absolute Gasteiger partial charge is 0.300 e. The van der Waals surface area contributed by atoms with Gasteiger partial charge in [-0.15, -0.1) is 0 Å². The molecule has 3 heterocycles. The molecule has 0 amide bonds. The molecule has 1 N–H and O–H groups in total. The van der Waals surface area contributed by atoms with Crippen molar-refractivity contribution in [2.24, 2.45) is 0 Å². The molecule has 0 spiro atoms. The molecule has 5 nitrogen and oxygen atoms in total. The van der Waals surface area contributed by atoms with Gasteiger partial charge < -0.3 is 4.79 Å². The Bertz CT molecular complexity index is 603. The number of thiophene rings is 1. The van der Waals surface area contributed by atoms with Crippen molar-refractivity contribution < 1.29 is 9.59 Å². The first-order chi connectivity index (χ1) is 10.3. The summed E-state index contributed by atoms with van der Waals surface area (Å²) in [5.74, 6) is -0.176. The number of hydrogen-bond acceptors (Lipinski definition) is 5. The van der Waals surface area contributed by atoms with Crippen molar-refractivity contribution in [3.8, 4) is 0 Å². The van der Waals surface area contributed by atoms with Crippen LogP contribution in [0.4, 0.5) is 0 Å². The Morgan fingerprint density at radius 1 is 1.33 bits per heavy atom. The zero-order valence-corrected chi connectivity index (χ0v) is 12.4. The number of likely N-dealkylation sites (tertiary alicyclic amines) is 1. The van der Waals surface area contributed by atoms with Crippen molar-refractivity contribution in [2.45, 2.75) is 24.8 Å². The lowest BCUT2D eigenvalue weighted by Gasteiger charge is -2.40. The van der Waals surface area contributed by atoms with Crippen molar-refractivity contribution in [3.63, 3.8) is 0 Å². The van der Waals surface area contributed by atoms with Gasteiger partial charge in [0, 0.05) is 17.1 Å². The second kappa shape index (κ2) is 5.91. The number of hydrogen-bond donors (Lipinski definition) is 1. The number of aromatic amines is 1. The third kappa shape index (κ3) is 2.34. The second-order valence-corrected chi connectivity index (χ2v) is 6.02. The molecule has 110 valence electrons. The van der Waals surface area contributed by atoms with E-state index in [2.05, 4.69) is 10.2 Å². The summed E-state index contributed by atoms with van der Waals surface area (Å²) < 4.78 is 0. The minimum absolute atomic E-state index is 0.176. The smallest absolute Gasteiger partial charge is 0.197 e. The Morgan fingerprint density at radius 2 is 2.14 bits per heavy atom. The zero-order valence-electron chi connectivity index (χ0n) is 11.6. The molecule has 2 aromatic rings. The Morgan fingerprint density at radius 3 is 2.71 bits per heavy atom. The van der Waals surface area contributed by atoms with Gasteiger partial charge in [0.1, 0.15) is 0 Å². The summed E-state index contributed by atoms with van der Waals surface area (Å²) >= 11 is 1.46. The third-order valence-electron chi connectivity index (χ3n) is 4.07. The van der Waals surface area contributed by atoms with Gasteiger partial charge in [-0.2, -0.15) is 16.4 Å². The van der Waals surface area contributed by atoms with Crippen LogP contribution in [0.25, 0.3) is 0 Å². The van der Waals surface area contributed by atoms with Crippen LogP contribution in [0.2, 0.25) is 0 Å². The molecule has 0 saturated carbocycles. The number of nitrogens with one attached hydrogen (secondary N) is 1. The van der Waals surface area contributed by atoms with Crippen molar-refractivity contribution >= 4 is 23.4 Å². The molecule has 1 aliphatic rings. The van der Waals surface area contributed by atoms with Crippen molar-refractivity contribution in [3.05, 3.63) is 40.3 Å². The fourth-order valence-electron chi connectivity index (χ4n) is 2.96. The molecule has 0 aliphatic carbocycles. The van der Waals surface area contributed by atoms with Crippen molar-refractivity contribution in [2.75, 3.05) is 13.1 Å². The molecule has 0 aromatic carbocycles. The third-order valence-corrected chi connectivity index (χ3v) is 4.75. The lowest BCUT2D eigenvalue weighted by Crippen LogP contribution is -2.55. The molecular formula is C15H17N3O2S. The number of carbonyl (C=O) groups is 2. The number of ketones is 1. The molecule has 1 atom stereocenters. The molecule has 1 unspecified atom stereocenters. The normalized spacial score (nSPS) is 19.0. The minimum atomic E-state index is -1.28. The van der Waals surface area contributed by atoms with Gasteiger partial charge in [0.25, 0.3) is 0 Å². The van der Waals surface area contributed by atoms with Gasteiger partial charge in [0.05, 0.1) is 5.69 Å². The Balaban J connectivity index is 2.08. The molecule has 3 rings (SSSR count).